The number of rotatable bonds is 5. The Morgan fingerprint density at radius 3 is 2.52 bits per heavy atom. The number of nitrogens with one attached hydrogen (secondary N) is 1. The van der Waals surface area contributed by atoms with Crippen LogP contribution in [0.3, 0.4) is 0 Å². The number of aromatic carboxylic acids is 1. The van der Waals surface area contributed by atoms with Gasteiger partial charge in [0.05, 0.1) is 16.9 Å². The summed E-state index contributed by atoms with van der Waals surface area (Å²) in [4.78, 5) is 23.4. The molecule has 0 radical (unpaired) electrons. The maximum Gasteiger partial charge on any atom is 0.337 e. The molecule has 6 heteroatoms. The highest BCUT2D eigenvalue weighted by molar-refractivity contribution is 6.00. The van der Waals surface area contributed by atoms with E-state index in [0.29, 0.717) is 12.1 Å². The van der Waals surface area contributed by atoms with Crippen LogP contribution in [0.1, 0.15) is 39.3 Å². The maximum atomic E-state index is 12.1. The molecule has 2 aromatic rings. The van der Waals surface area contributed by atoms with Crippen molar-refractivity contribution >= 4 is 17.6 Å². The predicted octanol–water partition coefficient (Wildman–Crippen LogP) is 2.61. The molecule has 2 rings (SSSR count). The van der Waals surface area contributed by atoms with E-state index in [1.807, 2.05) is 27.8 Å². The van der Waals surface area contributed by atoms with Crippen LogP contribution in [0, 0.1) is 20.8 Å². The second-order valence-electron chi connectivity index (χ2n) is 5.68. The van der Waals surface area contributed by atoms with Gasteiger partial charge in [0.25, 0.3) is 0 Å². The van der Waals surface area contributed by atoms with Gasteiger partial charge in [0, 0.05) is 19.2 Å². The summed E-state index contributed by atoms with van der Waals surface area (Å²) in [7, 11) is 1.87. The zero-order valence-corrected chi connectivity index (χ0v) is 13.8. The average molecular weight is 315 g/mol. The third-order valence-electron chi connectivity index (χ3n) is 3.94. The van der Waals surface area contributed by atoms with E-state index in [9.17, 15) is 14.7 Å². The molecule has 0 unspecified atom stereocenters. The van der Waals surface area contributed by atoms with Crippen LogP contribution in [0.15, 0.2) is 18.2 Å². The number of aromatic nitrogens is 2. The Morgan fingerprint density at radius 2 is 1.96 bits per heavy atom. The van der Waals surface area contributed by atoms with Gasteiger partial charge < -0.3 is 10.4 Å². The first kappa shape index (κ1) is 16.7. The number of carboxylic acid groups (broad SMARTS) is 1. The second kappa shape index (κ2) is 6.64. The molecule has 0 saturated carbocycles. The second-order valence-corrected chi connectivity index (χ2v) is 5.68. The molecule has 0 fully saturated rings. The van der Waals surface area contributed by atoms with Gasteiger partial charge in [-0.1, -0.05) is 11.6 Å². The van der Waals surface area contributed by atoms with E-state index in [0.717, 1.165) is 22.5 Å². The van der Waals surface area contributed by atoms with Crippen molar-refractivity contribution in [2.24, 2.45) is 7.05 Å². The molecule has 6 nitrogen and oxygen atoms in total. The van der Waals surface area contributed by atoms with Crippen LogP contribution in [0.4, 0.5) is 5.69 Å². The molecular formula is C17H21N3O3. The smallest absolute Gasteiger partial charge is 0.337 e. The van der Waals surface area contributed by atoms with Crippen molar-refractivity contribution in [1.82, 2.24) is 9.78 Å². The lowest BCUT2D eigenvalue weighted by Gasteiger charge is -2.09. The maximum absolute atomic E-state index is 12.1. The SMILES string of the molecule is Cc1ccc(NC(=O)CCc2c(C)nn(C)c2C)c(C(=O)O)c1. The summed E-state index contributed by atoms with van der Waals surface area (Å²) >= 11 is 0. The average Bonchev–Trinajstić information content (AvgIpc) is 2.72. The number of nitrogens with zero attached hydrogens (tertiary/aromatic N) is 2. The summed E-state index contributed by atoms with van der Waals surface area (Å²) in [5, 5.41) is 16.2. The van der Waals surface area contributed by atoms with Crippen molar-refractivity contribution in [2.45, 2.75) is 33.6 Å². The molecule has 0 aliphatic rings. The fourth-order valence-corrected chi connectivity index (χ4v) is 2.57. The number of carbonyl (C=O) groups excluding carboxylic acids is 1. The van der Waals surface area contributed by atoms with Gasteiger partial charge in [-0.15, -0.1) is 0 Å². The van der Waals surface area contributed by atoms with Gasteiger partial charge in [-0.25, -0.2) is 4.79 Å². The van der Waals surface area contributed by atoms with Crippen LogP contribution in [0.5, 0.6) is 0 Å². The van der Waals surface area contributed by atoms with E-state index in [4.69, 9.17) is 0 Å². The first-order valence-electron chi connectivity index (χ1n) is 7.42. The quantitative estimate of drug-likeness (QED) is 0.888. The zero-order valence-electron chi connectivity index (χ0n) is 13.8. The van der Waals surface area contributed by atoms with Gasteiger partial charge in [0.2, 0.25) is 5.91 Å². The van der Waals surface area contributed by atoms with Crippen LogP contribution in [-0.2, 0) is 18.3 Å². The molecule has 1 amide bonds. The molecule has 0 atom stereocenters. The highest BCUT2D eigenvalue weighted by atomic mass is 16.4. The number of hydrogen-bond donors (Lipinski definition) is 2. The number of carboxylic acids is 1. The normalized spacial score (nSPS) is 10.6. The highest BCUT2D eigenvalue weighted by Gasteiger charge is 2.14. The van der Waals surface area contributed by atoms with Crippen molar-refractivity contribution in [3.05, 3.63) is 46.3 Å². The van der Waals surface area contributed by atoms with Crippen molar-refractivity contribution in [3.63, 3.8) is 0 Å². The summed E-state index contributed by atoms with van der Waals surface area (Å²) in [5.74, 6) is -1.26. The molecule has 0 aliphatic carbocycles. The molecule has 0 bridgehead atoms. The molecule has 122 valence electrons. The molecule has 0 saturated heterocycles. The summed E-state index contributed by atoms with van der Waals surface area (Å²) in [6, 6.07) is 4.95. The van der Waals surface area contributed by atoms with E-state index in [-0.39, 0.29) is 17.9 Å². The fourth-order valence-electron chi connectivity index (χ4n) is 2.57. The zero-order chi connectivity index (χ0) is 17.1. The van der Waals surface area contributed by atoms with Gasteiger partial charge >= 0.3 is 5.97 Å². The van der Waals surface area contributed by atoms with Gasteiger partial charge in [0.15, 0.2) is 0 Å². The minimum absolute atomic E-state index is 0.104. The Bertz CT molecular complexity index is 763. The molecule has 2 N–H and O–H groups in total. The van der Waals surface area contributed by atoms with Crippen LogP contribution >= 0.6 is 0 Å². The number of aryl methyl sites for hydroxylation is 3. The van der Waals surface area contributed by atoms with Crippen LogP contribution in [0.2, 0.25) is 0 Å². The lowest BCUT2D eigenvalue weighted by Crippen LogP contribution is -2.15. The van der Waals surface area contributed by atoms with E-state index < -0.39 is 5.97 Å². The minimum Gasteiger partial charge on any atom is -0.478 e. The molecule has 1 aromatic heterocycles. The van der Waals surface area contributed by atoms with Gasteiger partial charge in [-0.2, -0.15) is 5.10 Å². The Kier molecular flexibility index (Phi) is 4.83. The number of anilines is 1. The lowest BCUT2D eigenvalue weighted by atomic mass is 10.1. The highest BCUT2D eigenvalue weighted by Crippen LogP contribution is 2.19. The first-order valence-corrected chi connectivity index (χ1v) is 7.42. The standard InChI is InChI=1S/C17H21N3O3/c1-10-5-7-15(14(9-10)17(22)23)18-16(21)8-6-13-11(2)19-20(4)12(13)3/h5,7,9H,6,8H2,1-4H3,(H,18,21)(H,22,23). The van der Waals surface area contributed by atoms with Crippen molar-refractivity contribution in [3.8, 4) is 0 Å². The van der Waals surface area contributed by atoms with E-state index in [1.165, 1.54) is 0 Å². The molecule has 0 aliphatic heterocycles. The lowest BCUT2D eigenvalue weighted by molar-refractivity contribution is -0.116. The van der Waals surface area contributed by atoms with Crippen molar-refractivity contribution in [2.75, 3.05) is 5.32 Å². The summed E-state index contributed by atoms with van der Waals surface area (Å²) < 4.78 is 1.80. The van der Waals surface area contributed by atoms with Gasteiger partial charge in [0.1, 0.15) is 0 Å². The summed E-state index contributed by atoms with van der Waals surface area (Å²) in [5.41, 5.74) is 4.28. The molecule has 23 heavy (non-hydrogen) atoms. The van der Waals surface area contributed by atoms with E-state index >= 15 is 0 Å². The predicted molar refractivity (Wildman–Crippen MR) is 87.8 cm³/mol. The summed E-state index contributed by atoms with van der Waals surface area (Å²) in [6.45, 7) is 5.70. The fraction of sp³-hybridized carbons (Fsp3) is 0.353. The van der Waals surface area contributed by atoms with Crippen LogP contribution in [-0.4, -0.2) is 26.8 Å². The molecular weight excluding hydrogens is 294 g/mol. The number of benzene rings is 1. The largest absolute Gasteiger partial charge is 0.478 e. The van der Waals surface area contributed by atoms with E-state index in [1.54, 1.807) is 22.9 Å². The first-order chi connectivity index (χ1) is 10.8. The number of carbonyl (C=O) groups is 2. The van der Waals surface area contributed by atoms with Gasteiger partial charge in [-0.05, 0) is 44.9 Å². The topological polar surface area (TPSA) is 84.2 Å². The Balaban J connectivity index is 2.07. The molecule has 1 aromatic carbocycles. The van der Waals surface area contributed by atoms with Crippen LogP contribution < -0.4 is 5.32 Å². The molecule has 1 heterocycles. The number of hydrogen-bond acceptors (Lipinski definition) is 3. The third kappa shape index (κ3) is 3.77. The minimum atomic E-state index is -1.05. The number of amides is 1. The van der Waals surface area contributed by atoms with Crippen molar-refractivity contribution in [1.29, 1.82) is 0 Å². The summed E-state index contributed by atoms with van der Waals surface area (Å²) in [6.07, 6.45) is 0.853. The third-order valence-corrected chi connectivity index (χ3v) is 3.94. The van der Waals surface area contributed by atoms with Crippen LogP contribution in [0.25, 0.3) is 0 Å². The van der Waals surface area contributed by atoms with E-state index in [2.05, 4.69) is 10.4 Å². The Hall–Kier alpha value is -2.63. The Labute approximate surface area is 135 Å². The Morgan fingerprint density at radius 1 is 1.26 bits per heavy atom. The van der Waals surface area contributed by atoms with Crippen molar-refractivity contribution < 1.29 is 14.7 Å². The molecule has 0 spiro atoms. The van der Waals surface area contributed by atoms with Gasteiger partial charge in [-0.3, -0.25) is 9.48 Å². The monoisotopic (exact) mass is 315 g/mol.